The van der Waals surface area contributed by atoms with E-state index in [1.165, 1.54) is 35.3 Å². The Morgan fingerprint density at radius 1 is 1.12 bits per heavy atom. The van der Waals surface area contributed by atoms with E-state index < -0.39 is 48.5 Å². The molecule has 1 saturated heterocycles. The lowest BCUT2D eigenvalue weighted by molar-refractivity contribution is -0.267. The predicted octanol–water partition coefficient (Wildman–Crippen LogP) is 3.20. The highest BCUT2D eigenvalue weighted by Gasteiger charge is 2.61. The molecule has 2 aliphatic rings. The Labute approximate surface area is 222 Å². The molecule has 40 heavy (non-hydrogen) atoms. The molecule has 0 bridgehead atoms. The number of carbonyl (C=O) groups excluding carboxylic acids is 1. The maximum Gasteiger partial charge on any atom is 0.420 e. The fourth-order valence-electron chi connectivity index (χ4n) is 4.73. The molecule has 4 aromatic rings. The minimum Gasteiger partial charge on any atom is -0.476 e. The first-order valence-electron chi connectivity index (χ1n) is 12.0. The minimum atomic E-state index is -4.75. The first-order valence-corrected chi connectivity index (χ1v) is 12.0. The summed E-state index contributed by atoms with van der Waals surface area (Å²) in [5.41, 5.74) is -0.467. The third-order valence-corrected chi connectivity index (χ3v) is 6.95. The summed E-state index contributed by atoms with van der Waals surface area (Å²) in [4.78, 5) is 32.5. The first kappa shape index (κ1) is 25.9. The number of carbonyl (C=O) groups is 1. The second-order valence-corrected chi connectivity index (χ2v) is 9.72. The largest absolute Gasteiger partial charge is 0.476 e. The number of amides is 1. The van der Waals surface area contributed by atoms with Gasteiger partial charge in [-0.3, -0.25) is 19.1 Å². The van der Waals surface area contributed by atoms with Crippen LogP contribution in [0.1, 0.15) is 18.3 Å². The zero-order valence-electron chi connectivity index (χ0n) is 20.9. The van der Waals surface area contributed by atoms with Gasteiger partial charge in [0, 0.05) is 36.3 Å². The van der Waals surface area contributed by atoms with Crippen LogP contribution in [0, 0.1) is 18.6 Å². The summed E-state index contributed by atoms with van der Waals surface area (Å²) in [6.07, 6.45) is 0.127. The number of anilines is 2. The molecule has 0 saturated carbocycles. The molecule has 1 atom stereocenters. The lowest BCUT2D eigenvalue weighted by atomic mass is 9.94. The van der Waals surface area contributed by atoms with Gasteiger partial charge >= 0.3 is 6.18 Å². The van der Waals surface area contributed by atoms with Crippen LogP contribution in [0.3, 0.4) is 0 Å². The number of halogens is 5. The van der Waals surface area contributed by atoms with Gasteiger partial charge in [-0.1, -0.05) is 0 Å². The highest BCUT2D eigenvalue weighted by Crippen LogP contribution is 2.40. The molecule has 1 fully saturated rings. The third kappa shape index (κ3) is 4.08. The van der Waals surface area contributed by atoms with Crippen molar-refractivity contribution in [3.05, 3.63) is 59.9 Å². The Bertz CT molecular complexity index is 1650. The summed E-state index contributed by atoms with van der Waals surface area (Å²) in [6.45, 7) is 1.76. The maximum absolute atomic E-state index is 14.4. The van der Waals surface area contributed by atoms with Gasteiger partial charge in [0.1, 0.15) is 5.82 Å². The van der Waals surface area contributed by atoms with Crippen molar-refractivity contribution in [2.24, 2.45) is 0 Å². The van der Waals surface area contributed by atoms with Crippen molar-refractivity contribution in [1.29, 1.82) is 0 Å². The molecule has 208 valence electrons. The van der Waals surface area contributed by atoms with E-state index in [0.717, 1.165) is 6.07 Å². The normalized spacial score (nSPS) is 18.5. The number of aliphatic hydroxyl groups is 1. The number of β-amino-alcohol motifs (C(OH)–C–C–N with tert-alkyl or cyclic N) is 1. The number of benzene rings is 1. The van der Waals surface area contributed by atoms with Crippen molar-refractivity contribution in [2.45, 2.75) is 38.3 Å². The van der Waals surface area contributed by atoms with Gasteiger partial charge in [0.05, 0.1) is 48.6 Å². The van der Waals surface area contributed by atoms with Gasteiger partial charge < -0.3 is 14.7 Å². The number of aryl methyl sites for hydroxylation is 1. The lowest BCUT2D eigenvalue weighted by Gasteiger charge is -2.46. The number of hydrogen-bond donors (Lipinski definition) is 1. The van der Waals surface area contributed by atoms with E-state index in [0.29, 0.717) is 34.4 Å². The Kier molecular flexibility index (Phi) is 5.69. The predicted molar refractivity (Wildman–Crippen MR) is 130 cm³/mol. The van der Waals surface area contributed by atoms with E-state index in [4.69, 9.17) is 4.74 Å². The number of hydrogen-bond acceptors (Lipinski definition) is 8. The van der Waals surface area contributed by atoms with Gasteiger partial charge in [-0.25, -0.2) is 23.7 Å². The smallest absolute Gasteiger partial charge is 0.420 e. The van der Waals surface area contributed by atoms with E-state index in [9.17, 15) is 31.9 Å². The fourth-order valence-corrected chi connectivity index (χ4v) is 4.73. The number of imidazole rings is 1. The first-order chi connectivity index (χ1) is 18.8. The molecule has 1 amide bonds. The highest BCUT2D eigenvalue weighted by atomic mass is 19.4. The van der Waals surface area contributed by atoms with E-state index in [1.54, 1.807) is 17.5 Å². The number of nitrogens with zero attached hydrogens (tertiary/aromatic N) is 7. The maximum atomic E-state index is 14.4. The quantitative estimate of drug-likeness (QED) is 0.379. The summed E-state index contributed by atoms with van der Waals surface area (Å²) in [5, 5.41) is 9.66. The van der Waals surface area contributed by atoms with Crippen molar-refractivity contribution in [1.82, 2.24) is 24.3 Å². The standard InChI is InChI=1S/C25H20F5N7O3/c1-12-19(9-37-18-4-15(26)3-16(27)21(18)40-13(2)22(37)38)36-8-17(31-7-20(36)34-12)14-5-32-23(33-6-14)35-10-24(39,11-35)25(28,29)30/h3-8,13,39H,9-11H2,1-2H3/t13-/m0/s1. The fraction of sp³-hybridized carbons (Fsp3) is 0.320. The van der Waals surface area contributed by atoms with Gasteiger partial charge in [-0.05, 0) is 13.8 Å². The SMILES string of the molecule is Cc1nc2cnc(-c3cnc(N4CC(O)(C(F)(F)F)C4)nc3)cn2c1CN1C(=O)[C@H](C)Oc2c(F)cc(F)cc21. The lowest BCUT2D eigenvalue weighted by Crippen LogP contribution is -2.69. The van der Waals surface area contributed by atoms with E-state index >= 15 is 0 Å². The molecule has 10 nitrogen and oxygen atoms in total. The molecular formula is C25H20F5N7O3. The Morgan fingerprint density at radius 3 is 2.50 bits per heavy atom. The molecule has 5 heterocycles. The minimum absolute atomic E-state index is 0.0241. The Balaban J connectivity index is 1.30. The average Bonchev–Trinajstić information content (AvgIpc) is 3.19. The van der Waals surface area contributed by atoms with Crippen LogP contribution in [-0.2, 0) is 11.3 Å². The third-order valence-electron chi connectivity index (χ3n) is 6.95. The number of fused-ring (bicyclic) bond motifs is 2. The molecular weight excluding hydrogens is 541 g/mol. The van der Waals surface area contributed by atoms with Crippen LogP contribution >= 0.6 is 0 Å². The molecule has 6 rings (SSSR count). The van der Waals surface area contributed by atoms with Crippen molar-refractivity contribution in [3.8, 4) is 17.0 Å². The van der Waals surface area contributed by atoms with Crippen LogP contribution in [-0.4, -0.2) is 66.3 Å². The topological polar surface area (TPSA) is 109 Å². The van der Waals surface area contributed by atoms with Crippen LogP contribution in [0.25, 0.3) is 16.9 Å². The summed E-state index contributed by atoms with van der Waals surface area (Å²) < 4.78 is 74.3. The van der Waals surface area contributed by atoms with Crippen molar-refractivity contribution in [3.63, 3.8) is 0 Å². The van der Waals surface area contributed by atoms with Gasteiger partial charge in [0.15, 0.2) is 28.9 Å². The zero-order chi connectivity index (χ0) is 28.6. The number of rotatable bonds is 4. The van der Waals surface area contributed by atoms with Gasteiger partial charge in [0.25, 0.3) is 5.91 Å². The summed E-state index contributed by atoms with van der Waals surface area (Å²) in [7, 11) is 0. The molecule has 1 N–H and O–H groups in total. The molecule has 15 heteroatoms. The molecule has 2 aliphatic heterocycles. The van der Waals surface area contributed by atoms with Crippen LogP contribution in [0.2, 0.25) is 0 Å². The second kappa shape index (κ2) is 8.81. The monoisotopic (exact) mass is 561 g/mol. The van der Waals surface area contributed by atoms with Crippen LogP contribution in [0.5, 0.6) is 5.75 Å². The van der Waals surface area contributed by atoms with Crippen LogP contribution in [0.15, 0.2) is 36.9 Å². The van der Waals surface area contributed by atoms with Gasteiger partial charge in [-0.15, -0.1) is 0 Å². The van der Waals surface area contributed by atoms with E-state index in [1.807, 2.05) is 0 Å². The molecule has 3 aromatic heterocycles. The number of ether oxygens (including phenoxy) is 1. The highest BCUT2D eigenvalue weighted by molar-refractivity contribution is 5.99. The van der Waals surface area contributed by atoms with Gasteiger partial charge in [0.2, 0.25) is 5.95 Å². The van der Waals surface area contributed by atoms with E-state index in [2.05, 4.69) is 19.9 Å². The van der Waals surface area contributed by atoms with Crippen LogP contribution < -0.4 is 14.5 Å². The summed E-state index contributed by atoms with van der Waals surface area (Å²) in [5.74, 6) is -2.48. The van der Waals surface area contributed by atoms with Crippen LogP contribution in [0.4, 0.5) is 33.6 Å². The average molecular weight is 561 g/mol. The molecule has 0 aliphatic carbocycles. The molecule has 0 unspecified atom stereocenters. The second-order valence-electron chi connectivity index (χ2n) is 9.72. The summed E-state index contributed by atoms with van der Waals surface area (Å²) in [6, 6.07) is 1.71. The van der Waals surface area contributed by atoms with Crippen molar-refractivity contribution >= 4 is 23.2 Å². The Hall–Kier alpha value is -4.40. The van der Waals surface area contributed by atoms with E-state index in [-0.39, 0.29) is 23.9 Å². The zero-order valence-corrected chi connectivity index (χ0v) is 20.9. The van der Waals surface area contributed by atoms with Crippen molar-refractivity contribution in [2.75, 3.05) is 22.9 Å². The summed E-state index contributed by atoms with van der Waals surface area (Å²) >= 11 is 0. The molecule has 0 radical (unpaired) electrons. The molecule has 1 aromatic carbocycles. The molecule has 0 spiro atoms. The number of aromatic nitrogens is 5. The van der Waals surface area contributed by atoms with Gasteiger partial charge in [-0.2, -0.15) is 13.2 Å². The Morgan fingerprint density at radius 2 is 1.82 bits per heavy atom. The van der Waals surface area contributed by atoms with Crippen molar-refractivity contribution < 1.29 is 36.6 Å². The number of alkyl halides is 3.